The first-order valence-corrected chi connectivity index (χ1v) is 14.1. The van der Waals surface area contributed by atoms with Crippen LogP contribution in [0.25, 0.3) is 0 Å². The SMILES string of the molecule is CC(C)[C@@H](F)C(=O)N1CC[C@H]2CC[C@@H](C(=O)N[C@@H]3CCOc4ccccc43)N2C(=O)[C@@H](NC(=O)OC(C)(C)C)C1. The van der Waals surface area contributed by atoms with E-state index in [2.05, 4.69) is 10.6 Å². The zero-order chi connectivity index (χ0) is 29.2. The summed E-state index contributed by atoms with van der Waals surface area (Å²) in [6, 6.07) is 5.04. The van der Waals surface area contributed by atoms with Gasteiger partial charge < -0.3 is 29.9 Å². The second-order valence-corrected chi connectivity index (χ2v) is 12.1. The third kappa shape index (κ3) is 6.67. The van der Waals surface area contributed by atoms with Crippen LogP contribution in [0.3, 0.4) is 0 Å². The molecule has 0 aromatic heterocycles. The first-order valence-electron chi connectivity index (χ1n) is 14.1. The summed E-state index contributed by atoms with van der Waals surface area (Å²) in [5.41, 5.74) is 0.0741. The molecular weight excluding hydrogens is 519 g/mol. The van der Waals surface area contributed by atoms with E-state index < -0.39 is 47.7 Å². The van der Waals surface area contributed by atoms with Crippen LogP contribution >= 0.6 is 0 Å². The number of halogens is 1. The minimum Gasteiger partial charge on any atom is -0.493 e. The number of carbonyl (C=O) groups excluding carboxylic acids is 4. The lowest BCUT2D eigenvalue weighted by atomic mass is 10.00. The molecule has 0 saturated carbocycles. The second-order valence-electron chi connectivity index (χ2n) is 12.1. The summed E-state index contributed by atoms with van der Waals surface area (Å²) in [7, 11) is 0. The van der Waals surface area contributed by atoms with Crippen LogP contribution in [0.5, 0.6) is 5.75 Å². The Labute approximate surface area is 234 Å². The molecule has 2 fully saturated rings. The molecule has 2 N–H and O–H groups in total. The average molecular weight is 561 g/mol. The zero-order valence-corrected chi connectivity index (χ0v) is 23.9. The maximum absolute atomic E-state index is 14.8. The Bertz CT molecular complexity index is 1120. The van der Waals surface area contributed by atoms with Crippen LogP contribution in [0.15, 0.2) is 24.3 Å². The first kappa shape index (κ1) is 29.6. The lowest BCUT2D eigenvalue weighted by Gasteiger charge is -2.39. The van der Waals surface area contributed by atoms with Crippen molar-refractivity contribution in [1.29, 1.82) is 0 Å². The summed E-state index contributed by atoms with van der Waals surface area (Å²) in [6.07, 6.45) is -0.540. The van der Waals surface area contributed by atoms with Gasteiger partial charge in [-0.25, -0.2) is 9.18 Å². The number of hydrogen-bond acceptors (Lipinski definition) is 6. The van der Waals surface area contributed by atoms with E-state index in [0.717, 1.165) is 11.3 Å². The molecule has 10 nitrogen and oxygen atoms in total. The van der Waals surface area contributed by atoms with Crippen molar-refractivity contribution in [2.75, 3.05) is 19.7 Å². The topological polar surface area (TPSA) is 117 Å². The first-order chi connectivity index (χ1) is 18.9. The summed E-state index contributed by atoms with van der Waals surface area (Å²) in [5, 5.41) is 5.70. The van der Waals surface area contributed by atoms with Crippen molar-refractivity contribution >= 4 is 23.8 Å². The molecular formula is C29H41FN4O6. The van der Waals surface area contributed by atoms with Gasteiger partial charge in [0.25, 0.3) is 5.91 Å². The fourth-order valence-corrected chi connectivity index (χ4v) is 5.61. The zero-order valence-electron chi connectivity index (χ0n) is 23.9. The lowest BCUT2D eigenvalue weighted by molar-refractivity contribution is -0.147. The van der Waals surface area contributed by atoms with Gasteiger partial charge in [-0.15, -0.1) is 0 Å². The highest BCUT2D eigenvalue weighted by Crippen LogP contribution is 2.34. The Morgan fingerprint density at radius 2 is 1.77 bits per heavy atom. The highest BCUT2D eigenvalue weighted by atomic mass is 19.1. The number of alkyl carbamates (subject to hydrolysis) is 1. The Morgan fingerprint density at radius 3 is 2.48 bits per heavy atom. The normalized spacial score (nSPS) is 25.6. The van der Waals surface area contributed by atoms with Gasteiger partial charge in [0.2, 0.25) is 11.8 Å². The Kier molecular flexibility index (Phi) is 8.90. The van der Waals surface area contributed by atoms with E-state index in [1.54, 1.807) is 39.5 Å². The molecule has 0 unspecified atom stereocenters. The van der Waals surface area contributed by atoms with Crippen LogP contribution in [-0.2, 0) is 19.1 Å². The largest absolute Gasteiger partial charge is 0.493 e. The van der Waals surface area contributed by atoms with Gasteiger partial charge in [-0.3, -0.25) is 14.4 Å². The minimum atomic E-state index is -1.72. The fourth-order valence-electron chi connectivity index (χ4n) is 5.61. The number of amides is 4. The number of fused-ring (bicyclic) bond motifs is 2. The molecule has 3 aliphatic heterocycles. The molecule has 5 atom stereocenters. The standard InChI is InChI=1S/C29H41FN4O6/c1-17(2)24(30)27(37)33-14-12-18-10-11-22(25(35)31-20-13-15-39-23-9-7-6-8-19(20)23)34(18)26(36)21(16-33)32-28(38)40-29(3,4)5/h6-9,17-18,20-22,24H,10-16H2,1-5H3,(H,31,35)(H,32,38)/t18-,20-,21+,22+,24-/m1/s1. The van der Waals surface area contributed by atoms with Gasteiger partial charge >= 0.3 is 6.09 Å². The smallest absolute Gasteiger partial charge is 0.408 e. The number of ether oxygens (including phenoxy) is 2. The molecule has 4 amide bonds. The number of nitrogens with zero attached hydrogens (tertiary/aromatic N) is 2. The van der Waals surface area contributed by atoms with Crippen molar-refractivity contribution in [3.8, 4) is 5.75 Å². The van der Waals surface area contributed by atoms with Gasteiger partial charge in [0.15, 0.2) is 6.17 Å². The van der Waals surface area contributed by atoms with Crippen molar-refractivity contribution in [3.63, 3.8) is 0 Å². The molecule has 220 valence electrons. The summed E-state index contributed by atoms with van der Waals surface area (Å²) in [5.74, 6) is -1.27. The summed E-state index contributed by atoms with van der Waals surface area (Å²) in [6.45, 7) is 8.79. The van der Waals surface area contributed by atoms with E-state index in [0.29, 0.717) is 32.3 Å². The van der Waals surface area contributed by atoms with Crippen molar-refractivity contribution in [2.45, 2.75) is 96.2 Å². The average Bonchev–Trinajstić information content (AvgIpc) is 3.31. The van der Waals surface area contributed by atoms with Gasteiger partial charge in [-0.2, -0.15) is 0 Å². The number of benzene rings is 1. The molecule has 11 heteroatoms. The maximum atomic E-state index is 14.8. The number of para-hydroxylation sites is 1. The molecule has 3 aliphatic rings. The third-order valence-corrected chi connectivity index (χ3v) is 7.59. The van der Waals surface area contributed by atoms with Crippen molar-refractivity contribution in [3.05, 3.63) is 29.8 Å². The predicted molar refractivity (Wildman–Crippen MR) is 145 cm³/mol. The van der Waals surface area contributed by atoms with Crippen LogP contribution < -0.4 is 15.4 Å². The Balaban J connectivity index is 1.56. The number of rotatable bonds is 5. The molecule has 2 saturated heterocycles. The molecule has 0 spiro atoms. The van der Waals surface area contributed by atoms with E-state index >= 15 is 0 Å². The summed E-state index contributed by atoms with van der Waals surface area (Å²) < 4.78 is 25.8. The maximum Gasteiger partial charge on any atom is 0.408 e. The lowest BCUT2D eigenvalue weighted by Crippen LogP contribution is -2.62. The van der Waals surface area contributed by atoms with Crippen molar-refractivity contribution in [1.82, 2.24) is 20.4 Å². The molecule has 4 rings (SSSR count). The Morgan fingerprint density at radius 1 is 1.05 bits per heavy atom. The Hall–Kier alpha value is -3.37. The molecule has 0 radical (unpaired) electrons. The third-order valence-electron chi connectivity index (χ3n) is 7.59. The van der Waals surface area contributed by atoms with E-state index in [1.165, 1.54) is 4.90 Å². The van der Waals surface area contributed by atoms with E-state index in [4.69, 9.17) is 9.47 Å². The number of nitrogens with one attached hydrogen (secondary N) is 2. The number of carbonyl (C=O) groups is 4. The molecule has 40 heavy (non-hydrogen) atoms. The van der Waals surface area contributed by atoms with Gasteiger partial charge in [-0.05, 0) is 52.0 Å². The highest BCUT2D eigenvalue weighted by Gasteiger charge is 2.46. The van der Waals surface area contributed by atoms with Crippen LogP contribution in [0.1, 0.15) is 71.9 Å². The summed E-state index contributed by atoms with van der Waals surface area (Å²) >= 11 is 0. The molecule has 1 aromatic carbocycles. The summed E-state index contributed by atoms with van der Waals surface area (Å²) in [4.78, 5) is 56.1. The molecule has 1 aromatic rings. The van der Waals surface area contributed by atoms with E-state index in [1.807, 2.05) is 24.3 Å². The number of alkyl halides is 1. The van der Waals surface area contributed by atoms with Crippen LogP contribution in [0.2, 0.25) is 0 Å². The second kappa shape index (κ2) is 12.0. The number of hydrogen-bond donors (Lipinski definition) is 2. The van der Waals surface area contributed by atoms with Crippen LogP contribution in [-0.4, -0.2) is 83.2 Å². The van der Waals surface area contributed by atoms with E-state index in [-0.39, 0.29) is 31.1 Å². The van der Waals surface area contributed by atoms with Gasteiger partial charge in [0.1, 0.15) is 23.4 Å². The quantitative estimate of drug-likeness (QED) is 0.572. The highest BCUT2D eigenvalue weighted by molar-refractivity contribution is 5.93. The minimum absolute atomic E-state index is 0.203. The van der Waals surface area contributed by atoms with Crippen LogP contribution in [0, 0.1) is 5.92 Å². The molecule has 0 aliphatic carbocycles. The molecule has 0 bridgehead atoms. The fraction of sp³-hybridized carbons (Fsp3) is 0.655. The van der Waals surface area contributed by atoms with Crippen molar-refractivity contribution < 1.29 is 33.0 Å². The van der Waals surface area contributed by atoms with Gasteiger partial charge in [0, 0.05) is 24.6 Å². The van der Waals surface area contributed by atoms with Crippen molar-refractivity contribution in [2.24, 2.45) is 5.92 Å². The predicted octanol–water partition coefficient (Wildman–Crippen LogP) is 3.11. The van der Waals surface area contributed by atoms with Gasteiger partial charge in [-0.1, -0.05) is 32.0 Å². The van der Waals surface area contributed by atoms with Gasteiger partial charge in [0.05, 0.1) is 19.2 Å². The molecule has 3 heterocycles. The van der Waals surface area contributed by atoms with E-state index in [9.17, 15) is 23.6 Å². The van der Waals surface area contributed by atoms with Crippen LogP contribution in [0.4, 0.5) is 9.18 Å². The monoisotopic (exact) mass is 560 g/mol.